The number of benzene rings is 1. The minimum Gasteiger partial charge on any atom is -0.356 e. The van der Waals surface area contributed by atoms with E-state index in [1.165, 1.54) is 36.9 Å². The third-order valence-electron chi connectivity index (χ3n) is 6.38. The van der Waals surface area contributed by atoms with Crippen molar-refractivity contribution in [2.75, 3.05) is 33.2 Å². The van der Waals surface area contributed by atoms with Crippen molar-refractivity contribution in [1.82, 2.24) is 24.9 Å². The number of aromatic nitrogens is 2. The molecule has 2 aliphatic rings. The summed E-state index contributed by atoms with van der Waals surface area (Å²) in [6.45, 7) is 5.40. The fourth-order valence-electron chi connectivity index (χ4n) is 4.97. The van der Waals surface area contributed by atoms with Gasteiger partial charge in [0, 0.05) is 52.5 Å². The number of aryl methyl sites for hydroxylation is 1. The Hall–Kier alpha value is -2.34. The number of piperidine rings is 2. The number of aliphatic imine (C=N–C) groups is 1. The number of rotatable bonds is 5. The average Bonchev–Trinajstić information content (AvgIpc) is 3.17. The molecule has 6 heteroatoms. The first-order valence-corrected chi connectivity index (χ1v) is 10.9. The number of fused-ring (bicyclic) bond motifs is 1. The van der Waals surface area contributed by atoms with Crippen LogP contribution in [0.3, 0.4) is 0 Å². The van der Waals surface area contributed by atoms with E-state index in [4.69, 9.17) is 0 Å². The highest BCUT2D eigenvalue weighted by molar-refractivity contribution is 5.80. The molecular weight excluding hydrogens is 360 g/mol. The summed E-state index contributed by atoms with van der Waals surface area (Å²) in [4.78, 5) is 9.76. The predicted molar refractivity (Wildman–Crippen MR) is 118 cm³/mol. The number of guanidine groups is 1. The number of nitrogens with zero attached hydrogens (tertiary/aromatic N) is 5. The van der Waals surface area contributed by atoms with Gasteiger partial charge in [-0.2, -0.15) is 5.10 Å². The highest BCUT2D eigenvalue weighted by Gasteiger charge is 2.36. The molecule has 2 saturated heterocycles. The standard InChI is InChI=1S/C23H34N6/c1-24-23(25-12-10-20-15-26-27(2)16-20)29-14-11-22-21(18-29)9-6-13-28(22)17-19-7-4-3-5-8-19/h3-5,7-8,15-16,21-22H,6,9-14,17-18H2,1-2H3,(H,24,25). The molecule has 0 radical (unpaired) electrons. The van der Waals surface area contributed by atoms with Gasteiger partial charge in [-0.25, -0.2) is 0 Å². The summed E-state index contributed by atoms with van der Waals surface area (Å²) < 4.78 is 1.86. The second-order valence-electron chi connectivity index (χ2n) is 8.41. The Kier molecular flexibility index (Phi) is 6.49. The maximum absolute atomic E-state index is 4.57. The SMILES string of the molecule is CN=C(NCCc1cnn(C)c1)N1CCC2C(CCCN2Cc2ccccc2)C1. The Labute approximate surface area is 174 Å². The van der Waals surface area contributed by atoms with Crippen molar-refractivity contribution < 1.29 is 0 Å². The lowest BCUT2D eigenvalue weighted by Gasteiger charge is -2.48. The molecule has 1 N–H and O–H groups in total. The molecule has 2 atom stereocenters. The van der Waals surface area contributed by atoms with Gasteiger partial charge < -0.3 is 10.2 Å². The Bertz CT molecular complexity index is 799. The minimum atomic E-state index is 0.703. The monoisotopic (exact) mass is 394 g/mol. The van der Waals surface area contributed by atoms with Crippen LogP contribution in [0.2, 0.25) is 0 Å². The summed E-state index contributed by atoms with van der Waals surface area (Å²) in [5.74, 6) is 1.78. The molecule has 3 heterocycles. The predicted octanol–water partition coefficient (Wildman–Crippen LogP) is 2.52. The smallest absolute Gasteiger partial charge is 0.193 e. The van der Waals surface area contributed by atoms with E-state index in [0.717, 1.165) is 44.5 Å². The van der Waals surface area contributed by atoms with Crippen molar-refractivity contribution in [2.45, 2.75) is 38.3 Å². The molecule has 6 nitrogen and oxygen atoms in total. The highest BCUT2D eigenvalue weighted by atomic mass is 15.3. The molecule has 2 aromatic rings. The van der Waals surface area contributed by atoms with Crippen LogP contribution < -0.4 is 5.32 Å². The van der Waals surface area contributed by atoms with Crippen LogP contribution in [-0.2, 0) is 20.0 Å². The van der Waals surface area contributed by atoms with Crippen LogP contribution in [0.25, 0.3) is 0 Å². The Morgan fingerprint density at radius 1 is 1.17 bits per heavy atom. The van der Waals surface area contributed by atoms with E-state index in [1.807, 2.05) is 25.0 Å². The third-order valence-corrected chi connectivity index (χ3v) is 6.38. The zero-order chi connectivity index (χ0) is 20.1. The molecule has 2 aliphatic heterocycles. The molecule has 0 bridgehead atoms. The van der Waals surface area contributed by atoms with Crippen LogP contribution in [0.15, 0.2) is 47.7 Å². The summed E-state index contributed by atoms with van der Waals surface area (Å²) in [5.41, 5.74) is 2.70. The van der Waals surface area contributed by atoms with Crippen molar-refractivity contribution in [3.8, 4) is 0 Å². The lowest BCUT2D eigenvalue weighted by molar-refractivity contribution is 0.0373. The second-order valence-corrected chi connectivity index (χ2v) is 8.41. The summed E-state index contributed by atoms with van der Waals surface area (Å²) in [7, 11) is 3.87. The molecule has 1 aromatic carbocycles. The quantitative estimate of drug-likeness (QED) is 0.625. The van der Waals surface area contributed by atoms with E-state index in [1.54, 1.807) is 0 Å². The molecule has 0 saturated carbocycles. The fraction of sp³-hybridized carbons (Fsp3) is 0.565. The van der Waals surface area contributed by atoms with Crippen molar-refractivity contribution in [1.29, 1.82) is 0 Å². The summed E-state index contributed by atoms with van der Waals surface area (Å²) >= 11 is 0. The third kappa shape index (κ3) is 4.99. The summed E-state index contributed by atoms with van der Waals surface area (Å²) in [5, 5.41) is 7.82. The first-order valence-electron chi connectivity index (χ1n) is 10.9. The van der Waals surface area contributed by atoms with E-state index < -0.39 is 0 Å². The van der Waals surface area contributed by atoms with Crippen molar-refractivity contribution >= 4 is 5.96 Å². The average molecular weight is 395 g/mol. The van der Waals surface area contributed by atoms with E-state index >= 15 is 0 Å². The van der Waals surface area contributed by atoms with E-state index in [0.29, 0.717) is 6.04 Å². The maximum atomic E-state index is 4.57. The van der Waals surface area contributed by atoms with E-state index in [9.17, 15) is 0 Å². The number of nitrogens with one attached hydrogen (secondary N) is 1. The van der Waals surface area contributed by atoms with Gasteiger partial charge in [-0.15, -0.1) is 0 Å². The van der Waals surface area contributed by atoms with Gasteiger partial charge in [-0.1, -0.05) is 30.3 Å². The zero-order valence-electron chi connectivity index (χ0n) is 17.8. The summed E-state index contributed by atoms with van der Waals surface area (Å²) in [6, 6.07) is 11.6. The zero-order valence-corrected chi connectivity index (χ0v) is 17.8. The van der Waals surface area contributed by atoms with E-state index in [-0.39, 0.29) is 0 Å². The van der Waals surface area contributed by atoms with Gasteiger partial charge in [0.15, 0.2) is 5.96 Å². The number of hydrogen-bond donors (Lipinski definition) is 1. The number of likely N-dealkylation sites (tertiary alicyclic amines) is 2. The van der Waals surface area contributed by atoms with Crippen LogP contribution in [0.5, 0.6) is 0 Å². The topological polar surface area (TPSA) is 48.7 Å². The lowest BCUT2D eigenvalue weighted by Crippen LogP contribution is -2.56. The van der Waals surface area contributed by atoms with Gasteiger partial charge in [-0.3, -0.25) is 14.6 Å². The van der Waals surface area contributed by atoms with Crippen LogP contribution in [0, 0.1) is 5.92 Å². The highest BCUT2D eigenvalue weighted by Crippen LogP contribution is 2.31. The minimum absolute atomic E-state index is 0.703. The summed E-state index contributed by atoms with van der Waals surface area (Å²) in [6.07, 6.45) is 8.85. The van der Waals surface area contributed by atoms with E-state index in [2.05, 4.69) is 61.7 Å². The van der Waals surface area contributed by atoms with Gasteiger partial charge in [0.1, 0.15) is 0 Å². The Balaban J connectivity index is 1.31. The van der Waals surface area contributed by atoms with Gasteiger partial charge in [-0.05, 0) is 49.3 Å². The second kappa shape index (κ2) is 9.44. The molecule has 0 aliphatic carbocycles. The maximum Gasteiger partial charge on any atom is 0.193 e. The molecule has 4 rings (SSSR count). The first kappa shape index (κ1) is 20.0. The largest absolute Gasteiger partial charge is 0.356 e. The van der Waals surface area contributed by atoms with Crippen LogP contribution in [0.4, 0.5) is 0 Å². The number of hydrogen-bond acceptors (Lipinski definition) is 3. The van der Waals surface area contributed by atoms with Gasteiger partial charge >= 0.3 is 0 Å². The molecule has 2 unspecified atom stereocenters. The fourth-order valence-corrected chi connectivity index (χ4v) is 4.97. The molecule has 2 fully saturated rings. The first-order chi connectivity index (χ1) is 14.2. The van der Waals surface area contributed by atoms with Gasteiger partial charge in [0.05, 0.1) is 6.20 Å². The Morgan fingerprint density at radius 3 is 2.79 bits per heavy atom. The normalized spacial score (nSPS) is 23.1. The Morgan fingerprint density at radius 2 is 2.03 bits per heavy atom. The molecular formula is C23H34N6. The molecule has 156 valence electrons. The molecule has 0 amide bonds. The van der Waals surface area contributed by atoms with Gasteiger partial charge in [0.2, 0.25) is 0 Å². The van der Waals surface area contributed by atoms with Crippen molar-refractivity contribution in [3.63, 3.8) is 0 Å². The van der Waals surface area contributed by atoms with Crippen molar-refractivity contribution in [2.24, 2.45) is 18.0 Å². The lowest BCUT2D eigenvalue weighted by atomic mass is 9.83. The van der Waals surface area contributed by atoms with Crippen LogP contribution >= 0.6 is 0 Å². The molecule has 0 spiro atoms. The molecule has 1 aromatic heterocycles. The van der Waals surface area contributed by atoms with Crippen molar-refractivity contribution in [3.05, 3.63) is 53.9 Å². The van der Waals surface area contributed by atoms with Crippen LogP contribution in [0.1, 0.15) is 30.4 Å². The van der Waals surface area contributed by atoms with Gasteiger partial charge in [0.25, 0.3) is 0 Å². The molecule has 29 heavy (non-hydrogen) atoms. The van der Waals surface area contributed by atoms with Crippen LogP contribution in [-0.4, -0.2) is 64.8 Å².